The van der Waals surface area contributed by atoms with Crippen LogP contribution in [0.4, 0.5) is 0 Å². The Morgan fingerprint density at radius 1 is 1.09 bits per heavy atom. The fourth-order valence-electron chi connectivity index (χ4n) is 3.59. The summed E-state index contributed by atoms with van der Waals surface area (Å²) in [6, 6.07) is 16.3. The molecule has 9 heteroatoms. The van der Waals surface area contributed by atoms with Crippen LogP contribution in [0.15, 0.2) is 63.8 Å². The molecule has 0 spiro atoms. The summed E-state index contributed by atoms with van der Waals surface area (Å²) in [6.45, 7) is 2.87. The lowest BCUT2D eigenvalue weighted by atomic mass is 10.2. The van der Waals surface area contributed by atoms with Crippen molar-refractivity contribution in [2.75, 3.05) is 6.61 Å². The Morgan fingerprint density at radius 3 is 2.69 bits per heavy atom. The highest BCUT2D eigenvalue weighted by molar-refractivity contribution is 7.15. The molecule has 0 radical (unpaired) electrons. The molecule has 0 aliphatic carbocycles. The van der Waals surface area contributed by atoms with Crippen LogP contribution in [0.5, 0.6) is 5.75 Å². The minimum absolute atomic E-state index is 0.252. The molecule has 3 aromatic heterocycles. The third-order valence-electron chi connectivity index (χ3n) is 5.40. The Hall–Kier alpha value is -3.13. The molecule has 0 aliphatic rings. The van der Waals surface area contributed by atoms with Crippen LogP contribution in [-0.2, 0) is 0 Å². The maximum absolute atomic E-state index is 12.9. The van der Waals surface area contributed by atoms with E-state index in [0.29, 0.717) is 49.1 Å². The van der Waals surface area contributed by atoms with Gasteiger partial charge in [-0.05, 0) is 61.0 Å². The summed E-state index contributed by atoms with van der Waals surface area (Å²) in [5.41, 5.74) is 1.25. The summed E-state index contributed by atoms with van der Waals surface area (Å²) >= 11 is 13.6. The Morgan fingerprint density at radius 2 is 1.91 bits per heavy atom. The molecule has 0 bridgehead atoms. The van der Waals surface area contributed by atoms with Crippen LogP contribution in [-0.4, -0.2) is 21.2 Å². The average Bonchev–Trinajstić information content (AvgIpc) is 3.56. The van der Waals surface area contributed by atoms with Crippen molar-refractivity contribution in [1.29, 1.82) is 0 Å². The van der Waals surface area contributed by atoms with Crippen LogP contribution < -0.4 is 14.8 Å². The van der Waals surface area contributed by atoms with E-state index in [0.717, 1.165) is 30.6 Å². The molecule has 2 aromatic carbocycles. The van der Waals surface area contributed by atoms with E-state index < -0.39 is 0 Å². The Kier molecular flexibility index (Phi) is 6.90. The minimum Gasteiger partial charge on any atom is -0.494 e. The number of fused-ring (bicyclic) bond motifs is 1. The number of ether oxygens (including phenoxy) is 1. The van der Waals surface area contributed by atoms with Gasteiger partial charge in [-0.2, -0.15) is 9.50 Å². The van der Waals surface area contributed by atoms with E-state index >= 15 is 0 Å². The zero-order chi connectivity index (χ0) is 24.4. The van der Waals surface area contributed by atoms with Crippen molar-refractivity contribution in [3.8, 4) is 28.5 Å². The van der Waals surface area contributed by atoms with Gasteiger partial charge in [0.15, 0.2) is 5.82 Å². The van der Waals surface area contributed by atoms with Crippen LogP contribution in [0.3, 0.4) is 0 Å². The highest BCUT2D eigenvalue weighted by Gasteiger charge is 2.13. The first-order valence-electron chi connectivity index (χ1n) is 11.2. The lowest BCUT2D eigenvalue weighted by molar-refractivity contribution is 0.306. The molecule has 0 saturated heterocycles. The summed E-state index contributed by atoms with van der Waals surface area (Å²) in [5, 5.41) is 5.50. The number of unbranched alkanes of at least 4 members (excludes halogenated alkanes) is 2. The summed E-state index contributed by atoms with van der Waals surface area (Å²) in [6.07, 6.45) is 5.03. The summed E-state index contributed by atoms with van der Waals surface area (Å²) in [4.78, 5) is 18.0. The number of aromatic nitrogens is 3. The number of rotatable bonds is 8. The second-order valence-electron chi connectivity index (χ2n) is 7.95. The zero-order valence-corrected chi connectivity index (χ0v) is 21.2. The van der Waals surface area contributed by atoms with Gasteiger partial charge in [0.2, 0.25) is 4.96 Å². The SMILES string of the molecule is CCCCCOc1ccc(-c2nc3sc(=Cc4ccc(-c5cc(Cl)ccc5Cl)o4)c(=O)n3n2)cc1. The third-order valence-corrected chi connectivity index (χ3v) is 6.93. The monoisotopic (exact) mass is 525 g/mol. The van der Waals surface area contributed by atoms with Crippen molar-refractivity contribution in [3.05, 3.63) is 85.3 Å². The summed E-state index contributed by atoms with van der Waals surface area (Å²) in [5.74, 6) is 2.39. The summed E-state index contributed by atoms with van der Waals surface area (Å²) in [7, 11) is 0. The van der Waals surface area contributed by atoms with Crippen molar-refractivity contribution >= 4 is 45.6 Å². The van der Waals surface area contributed by atoms with E-state index in [9.17, 15) is 4.79 Å². The van der Waals surface area contributed by atoms with Crippen molar-refractivity contribution < 1.29 is 9.15 Å². The van der Waals surface area contributed by atoms with Gasteiger partial charge in [0.05, 0.1) is 11.6 Å². The molecule has 0 N–H and O–H groups in total. The smallest absolute Gasteiger partial charge is 0.291 e. The van der Waals surface area contributed by atoms with Crippen molar-refractivity contribution in [2.45, 2.75) is 26.2 Å². The molecule has 5 rings (SSSR count). The highest BCUT2D eigenvalue weighted by atomic mass is 35.5. The predicted molar refractivity (Wildman–Crippen MR) is 141 cm³/mol. The van der Waals surface area contributed by atoms with Crippen molar-refractivity contribution in [3.63, 3.8) is 0 Å². The van der Waals surface area contributed by atoms with Gasteiger partial charge in [0.25, 0.3) is 5.56 Å². The van der Waals surface area contributed by atoms with Gasteiger partial charge in [0.1, 0.15) is 21.8 Å². The molecule has 0 aliphatic heterocycles. The molecule has 0 unspecified atom stereocenters. The van der Waals surface area contributed by atoms with Crippen LogP contribution in [0.2, 0.25) is 10.0 Å². The first kappa shape index (κ1) is 23.6. The number of thiazole rings is 1. The Bertz CT molecular complexity index is 1590. The lowest BCUT2D eigenvalue weighted by Gasteiger charge is -2.05. The van der Waals surface area contributed by atoms with E-state index in [1.165, 1.54) is 15.9 Å². The zero-order valence-electron chi connectivity index (χ0n) is 18.8. The van der Waals surface area contributed by atoms with Gasteiger partial charge >= 0.3 is 0 Å². The molecule has 6 nitrogen and oxygen atoms in total. The summed E-state index contributed by atoms with van der Waals surface area (Å²) < 4.78 is 13.4. The van der Waals surface area contributed by atoms with Crippen molar-refractivity contribution in [2.24, 2.45) is 0 Å². The normalized spacial score (nSPS) is 12.0. The van der Waals surface area contributed by atoms with Crippen LogP contribution in [0.25, 0.3) is 33.7 Å². The van der Waals surface area contributed by atoms with E-state index in [-0.39, 0.29) is 5.56 Å². The van der Waals surface area contributed by atoms with Crippen molar-refractivity contribution in [1.82, 2.24) is 14.6 Å². The van der Waals surface area contributed by atoms with Gasteiger partial charge in [-0.3, -0.25) is 4.79 Å². The molecular weight excluding hydrogens is 505 g/mol. The van der Waals surface area contributed by atoms with Gasteiger partial charge < -0.3 is 9.15 Å². The fourth-order valence-corrected chi connectivity index (χ4v) is 4.86. The van der Waals surface area contributed by atoms with Gasteiger partial charge in [-0.15, -0.1) is 5.10 Å². The molecule has 0 amide bonds. The number of benzene rings is 2. The predicted octanol–water partition coefficient (Wildman–Crippen LogP) is 6.50. The molecule has 5 aromatic rings. The van der Waals surface area contributed by atoms with E-state index in [1.54, 1.807) is 36.4 Å². The van der Waals surface area contributed by atoms with E-state index in [2.05, 4.69) is 17.0 Å². The van der Waals surface area contributed by atoms with Gasteiger partial charge in [0, 0.05) is 22.2 Å². The Labute approximate surface area is 215 Å². The first-order chi connectivity index (χ1) is 17.0. The highest BCUT2D eigenvalue weighted by Crippen LogP contribution is 2.32. The minimum atomic E-state index is -0.252. The number of nitrogens with zero attached hydrogens (tertiary/aromatic N) is 3. The molecular formula is C26H21Cl2N3O3S. The lowest BCUT2D eigenvalue weighted by Crippen LogP contribution is -2.23. The number of halogens is 2. The second-order valence-corrected chi connectivity index (χ2v) is 9.80. The second kappa shape index (κ2) is 10.2. The van der Waals surface area contributed by atoms with Crippen LogP contribution in [0.1, 0.15) is 31.9 Å². The molecule has 35 heavy (non-hydrogen) atoms. The number of furan rings is 1. The van der Waals surface area contributed by atoms with E-state index in [1.807, 2.05) is 24.3 Å². The maximum atomic E-state index is 12.9. The van der Waals surface area contributed by atoms with Crippen LogP contribution >= 0.6 is 34.5 Å². The molecule has 178 valence electrons. The molecule has 0 atom stereocenters. The first-order valence-corrected chi connectivity index (χ1v) is 12.8. The number of hydrogen-bond donors (Lipinski definition) is 0. The molecule has 0 fully saturated rings. The molecule has 3 heterocycles. The third kappa shape index (κ3) is 5.12. The molecule has 0 saturated carbocycles. The maximum Gasteiger partial charge on any atom is 0.291 e. The van der Waals surface area contributed by atoms with Gasteiger partial charge in [-0.1, -0.05) is 54.3 Å². The largest absolute Gasteiger partial charge is 0.494 e. The van der Waals surface area contributed by atoms with E-state index in [4.69, 9.17) is 32.4 Å². The fraction of sp³-hybridized carbons (Fsp3) is 0.192. The van der Waals surface area contributed by atoms with Crippen LogP contribution in [0, 0.1) is 0 Å². The van der Waals surface area contributed by atoms with Gasteiger partial charge in [-0.25, -0.2) is 0 Å². The quantitative estimate of drug-likeness (QED) is 0.216. The Balaban J connectivity index is 1.37. The topological polar surface area (TPSA) is 69.6 Å². The number of hydrogen-bond acceptors (Lipinski definition) is 6. The average molecular weight is 526 g/mol. The standard InChI is InChI=1S/C26H21Cl2N3O3S/c1-2-3-4-13-33-18-8-5-16(6-9-18)24-29-26-31(30-24)25(32)23(35-26)15-19-10-12-22(34-19)20-14-17(27)7-11-21(20)28/h5-12,14-15H,2-4,13H2,1H3.